The van der Waals surface area contributed by atoms with Crippen molar-refractivity contribution in [2.45, 2.75) is 44.8 Å². The second kappa shape index (κ2) is 9.30. The van der Waals surface area contributed by atoms with E-state index < -0.39 is 0 Å². The lowest BCUT2D eigenvalue weighted by Gasteiger charge is -2.14. The van der Waals surface area contributed by atoms with Gasteiger partial charge in [-0.2, -0.15) is 0 Å². The summed E-state index contributed by atoms with van der Waals surface area (Å²) in [5, 5.41) is 5.92. The van der Waals surface area contributed by atoms with Crippen LogP contribution in [0.5, 0.6) is 0 Å². The average molecular weight is 258 g/mol. The van der Waals surface area contributed by atoms with E-state index in [1.54, 1.807) is 7.11 Å². The third kappa shape index (κ3) is 6.93. The standard InChI is InChI=1S/C13H26N2O3/c1-11(10-17-2)15-13(16)9-14-7-8-18-12-5-3-4-6-12/h11-12,14H,3-10H2,1-2H3,(H,15,16). The van der Waals surface area contributed by atoms with E-state index in [2.05, 4.69) is 10.6 Å². The van der Waals surface area contributed by atoms with Crippen LogP contribution in [-0.4, -0.2) is 51.5 Å². The van der Waals surface area contributed by atoms with Gasteiger partial charge in [-0.15, -0.1) is 0 Å². The molecule has 1 fully saturated rings. The lowest BCUT2D eigenvalue weighted by Crippen LogP contribution is -2.41. The molecule has 1 saturated carbocycles. The van der Waals surface area contributed by atoms with Crippen LogP contribution in [-0.2, 0) is 14.3 Å². The van der Waals surface area contributed by atoms with Gasteiger partial charge in [-0.25, -0.2) is 0 Å². The highest BCUT2D eigenvalue weighted by Crippen LogP contribution is 2.20. The van der Waals surface area contributed by atoms with Crippen molar-refractivity contribution in [1.82, 2.24) is 10.6 Å². The zero-order chi connectivity index (χ0) is 13.2. The summed E-state index contributed by atoms with van der Waals surface area (Å²) in [5.74, 6) is 0.000386. The van der Waals surface area contributed by atoms with Gasteiger partial charge in [-0.3, -0.25) is 4.79 Å². The van der Waals surface area contributed by atoms with Gasteiger partial charge in [0, 0.05) is 19.7 Å². The first-order valence-electron chi connectivity index (χ1n) is 6.83. The van der Waals surface area contributed by atoms with Crippen LogP contribution in [0, 0.1) is 0 Å². The van der Waals surface area contributed by atoms with Gasteiger partial charge >= 0.3 is 0 Å². The lowest BCUT2D eigenvalue weighted by atomic mass is 10.3. The molecule has 0 aromatic rings. The van der Waals surface area contributed by atoms with Crippen molar-refractivity contribution in [2.24, 2.45) is 0 Å². The van der Waals surface area contributed by atoms with Crippen LogP contribution in [0.2, 0.25) is 0 Å². The maximum Gasteiger partial charge on any atom is 0.234 e. The molecule has 0 spiro atoms. The van der Waals surface area contributed by atoms with Gasteiger partial charge in [0.2, 0.25) is 5.91 Å². The van der Waals surface area contributed by atoms with Crippen molar-refractivity contribution >= 4 is 5.91 Å². The zero-order valence-corrected chi connectivity index (χ0v) is 11.5. The Morgan fingerprint density at radius 3 is 2.78 bits per heavy atom. The number of methoxy groups -OCH3 is 1. The minimum absolute atomic E-state index is 0.000386. The van der Waals surface area contributed by atoms with Crippen LogP contribution in [0.4, 0.5) is 0 Å². The smallest absolute Gasteiger partial charge is 0.234 e. The normalized spacial score (nSPS) is 17.9. The van der Waals surface area contributed by atoms with Crippen molar-refractivity contribution in [3.8, 4) is 0 Å². The van der Waals surface area contributed by atoms with E-state index in [-0.39, 0.29) is 11.9 Å². The first kappa shape index (κ1) is 15.4. The molecule has 5 nitrogen and oxygen atoms in total. The summed E-state index contributed by atoms with van der Waals surface area (Å²) < 4.78 is 10.6. The number of hydrogen-bond donors (Lipinski definition) is 2. The molecule has 0 bridgehead atoms. The highest BCUT2D eigenvalue weighted by atomic mass is 16.5. The topological polar surface area (TPSA) is 59.6 Å². The summed E-state index contributed by atoms with van der Waals surface area (Å²) >= 11 is 0. The van der Waals surface area contributed by atoms with Gasteiger partial charge < -0.3 is 20.1 Å². The molecule has 1 unspecified atom stereocenters. The number of nitrogens with one attached hydrogen (secondary N) is 2. The number of carbonyl (C=O) groups excluding carboxylic acids is 1. The third-order valence-corrected chi connectivity index (χ3v) is 3.04. The highest BCUT2D eigenvalue weighted by Gasteiger charge is 2.14. The van der Waals surface area contributed by atoms with Crippen LogP contribution in [0.1, 0.15) is 32.6 Å². The van der Waals surface area contributed by atoms with Crippen molar-refractivity contribution in [3.63, 3.8) is 0 Å². The largest absolute Gasteiger partial charge is 0.383 e. The van der Waals surface area contributed by atoms with Crippen LogP contribution >= 0.6 is 0 Å². The fourth-order valence-electron chi connectivity index (χ4n) is 2.17. The van der Waals surface area contributed by atoms with Gasteiger partial charge in [0.1, 0.15) is 0 Å². The predicted octanol–water partition coefficient (Wildman–Crippen LogP) is 0.686. The minimum atomic E-state index is 0.000386. The third-order valence-electron chi connectivity index (χ3n) is 3.04. The van der Waals surface area contributed by atoms with E-state index in [4.69, 9.17) is 9.47 Å². The Kier molecular flexibility index (Phi) is 7.96. The van der Waals surface area contributed by atoms with Gasteiger partial charge in [-0.1, -0.05) is 12.8 Å². The Bertz CT molecular complexity index is 230. The first-order chi connectivity index (χ1) is 8.72. The van der Waals surface area contributed by atoms with Gasteiger partial charge in [0.15, 0.2) is 0 Å². The number of hydrogen-bond acceptors (Lipinski definition) is 4. The molecule has 1 aliphatic carbocycles. The zero-order valence-electron chi connectivity index (χ0n) is 11.5. The van der Waals surface area contributed by atoms with Crippen molar-refractivity contribution in [2.75, 3.05) is 33.4 Å². The summed E-state index contributed by atoms with van der Waals surface area (Å²) in [6.45, 7) is 4.21. The quantitative estimate of drug-likeness (QED) is 0.597. The van der Waals surface area contributed by atoms with Crippen molar-refractivity contribution < 1.29 is 14.3 Å². The molecule has 5 heteroatoms. The van der Waals surface area contributed by atoms with Gasteiger partial charge in [0.05, 0.1) is 25.9 Å². The molecule has 0 heterocycles. The monoisotopic (exact) mass is 258 g/mol. The Hall–Kier alpha value is -0.650. The molecule has 0 aliphatic heterocycles. The molecular formula is C13H26N2O3. The second-order valence-corrected chi connectivity index (χ2v) is 4.88. The summed E-state index contributed by atoms with van der Waals surface area (Å²) in [4.78, 5) is 11.5. The molecule has 1 aliphatic rings. The summed E-state index contributed by atoms with van der Waals surface area (Å²) in [5.41, 5.74) is 0. The van der Waals surface area contributed by atoms with Crippen LogP contribution in [0.25, 0.3) is 0 Å². The summed E-state index contributed by atoms with van der Waals surface area (Å²) in [6.07, 6.45) is 5.40. The first-order valence-corrected chi connectivity index (χ1v) is 6.83. The van der Waals surface area contributed by atoms with Gasteiger partial charge in [0.25, 0.3) is 0 Å². The molecule has 0 saturated heterocycles. The van der Waals surface area contributed by atoms with E-state index in [1.807, 2.05) is 6.92 Å². The van der Waals surface area contributed by atoms with E-state index in [0.29, 0.717) is 25.9 Å². The van der Waals surface area contributed by atoms with Crippen molar-refractivity contribution in [3.05, 3.63) is 0 Å². The maximum atomic E-state index is 11.5. The molecule has 2 N–H and O–H groups in total. The van der Waals surface area contributed by atoms with E-state index in [1.165, 1.54) is 25.7 Å². The maximum absolute atomic E-state index is 11.5. The molecule has 1 rings (SSSR count). The summed E-state index contributed by atoms with van der Waals surface area (Å²) in [6, 6.07) is 0.0547. The molecule has 0 aromatic heterocycles. The molecule has 0 radical (unpaired) electrons. The molecular weight excluding hydrogens is 232 g/mol. The van der Waals surface area contributed by atoms with Gasteiger partial charge in [-0.05, 0) is 19.8 Å². The van der Waals surface area contributed by atoms with Crippen molar-refractivity contribution in [1.29, 1.82) is 0 Å². The molecule has 18 heavy (non-hydrogen) atoms. The number of ether oxygens (including phenoxy) is 2. The molecule has 1 amide bonds. The average Bonchev–Trinajstić information content (AvgIpc) is 2.81. The number of amides is 1. The minimum Gasteiger partial charge on any atom is -0.383 e. The van der Waals surface area contributed by atoms with E-state index in [9.17, 15) is 4.79 Å². The lowest BCUT2D eigenvalue weighted by molar-refractivity contribution is -0.121. The summed E-state index contributed by atoms with van der Waals surface area (Å²) in [7, 11) is 1.63. The number of rotatable bonds is 9. The fourth-order valence-corrected chi connectivity index (χ4v) is 2.17. The fraction of sp³-hybridized carbons (Fsp3) is 0.923. The second-order valence-electron chi connectivity index (χ2n) is 4.88. The molecule has 0 aromatic carbocycles. The highest BCUT2D eigenvalue weighted by molar-refractivity contribution is 5.78. The van der Waals surface area contributed by atoms with Crippen LogP contribution in [0.15, 0.2) is 0 Å². The predicted molar refractivity (Wildman–Crippen MR) is 70.6 cm³/mol. The molecule has 1 atom stereocenters. The Morgan fingerprint density at radius 1 is 1.39 bits per heavy atom. The Labute approximate surface area is 110 Å². The Morgan fingerprint density at radius 2 is 2.11 bits per heavy atom. The van der Waals surface area contributed by atoms with Crippen LogP contribution in [0.3, 0.4) is 0 Å². The van der Waals surface area contributed by atoms with Crippen LogP contribution < -0.4 is 10.6 Å². The van der Waals surface area contributed by atoms with E-state index >= 15 is 0 Å². The SMILES string of the molecule is COCC(C)NC(=O)CNCCOC1CCCC1. The number of carbonyl (C=O) groups is 1. The molecule has 106 valence electrons. The van der Waals surface area contributed by atoms with E-state index in [0.717, 1.165) is 6.54 Å². The Balaban J connectivity index is 1.91.